The molecule has 4 atom stereocenters. The van der Waals surface area contributed by atoms with Gasteiger partial charge in [0, 0.05) is 150 Å². The Kier molecular flexibility index (Phi) is 35.6. The van der Waals surface area contributed by atoms with Gasteiger partial charge in [-0.15, -0.1) is 0 Å². The van der Waals surface area contributed by atoms with Crippen LogP contribution >= 0.6 is 46.4 Å². The van der Waals surface area contributed by atoms with Crippen LogP contribution in [0.5, 0.6) is 23.0 Å². The van der Waals surface area contributed by atoms with E-state index < -0.39 is 52.7 Å². The zero-order chi connectivity index (χ0) is 88.7. The third-order valence-electron chi connectivity index (χ3n) is 20.8. The maximum Gasteiger partial charge on any atom is 0.266 e. The number of likely N-dealkylation sites (tertiary alicyclic amines) is 1. The number of benzene rings is 8. The molecule has 3 saturated heterocycles. The molecule has 0 aliphatic carbocycles. The quantitative estimate of drug-likeness (QED) is 0.0317. The Morgan fingerprint density at radius 3 is 0.942 bits per heavy atom. The minimum absolute atomic E-state index is 0.00996. The number of halogens is 4. The third kappa shape index (κ3) is 28.0. The van der Waals surface area contributed by atoms with Crippen LogP contribution < -0.4 is 18.9 Å². The summed E-state index contributed by atoms with van der Waals surface area (Å²) in [6.07, 6.45) is -2.79. The lowest BCUT2D eigenvalue weighted by Crippen LogP contribution is -2.55. The van der Waals surface area contributed by atoms with Gasteiger partial charge < -0.3 is 68.6 Å². The van der Waals surface area contributed by atoms with Crippen molar-refractivity contribution in [3.05, 3.63) is 259 Å². The smallest absolute Gasteiger partial charge is 0.266 e. The van der Waals surface area contributed by atoms with Gasteiger partial charge >= 0.3 is 0 Å². The molecule has 3 heterocycles. The topological polar surface area (TPSA) is 283 Å². The number of hydrogen-bond acceptors (Lipinski definition) is 19. The molecule has 23 nitrogen and oxygen atoms in total. The average Bonchev–Trinajstić information content (AvgIpc) is 0.813. The highest BCUT2D eigenvalue weighted by molar-refractivity contribution is 6.32. The van der Waals surface area contributed by atoms with Gasteiger partial charge in [-0.2, -0.15) is 0 Å². The highest BCUT2D eigenvalue weighted by Crippen LogP contribution is 2.30. The highest BCUT2D eigenvalue weighted by Gasteiger charge is 2.40. The van der Waals surface area contributed by atoms with Gasteiger partial charge in [-0.1, -0.05) is 60.3 Å². The molecule has 121 heavy (non-hydrogen) atoms. The summed E-state index contributed by atoms with van der Waals surface area (Å²) < 4.78 is 29.2. The number of ketones is 4. The van der Waals surface area contributed by atoms with Crippen LogP contribution in [0.3, 0.4) is 0 Å². The fourth-order valence-corrected chi connectivity index (χ4v) is 14.3. The number of carbonyl (C=O) groups excluding carboxylic acids is 8. The van der Waals surface area contributed by atoms with Gasteiger partial charge in [0.05, 0.1) is 19.3 Å². The van der Waals surface area contributed by atoms with Crippen molar-refractivity contribution in [3.8, 4) is 23.0 Å². The first-order valence-electron chi connectivity index (χ1n) is 40.4. The summed E-state index contributed by atoms with van der Waals surface area (Å²) in [5.41, 5.74) is 0.0315. The molecule has 27 heteroatoms. The number of carbonyl (C=O) groups is 8. The van der Waals surface area contributed by atoms with Gasteiger partial charge in [-0.25, -0.2) is 0 Å². The van der Waals surface area contributed by atoms with Gasteiger partial charge in [0.1, 0.15) is 41.3 Å². The number of piperidine rings is 1. The molecule has 8 aromatic rings. The summed E-state index contributed by atoms with van der Waals surface area (Å²) in [6, 6.07) is 54.4. The number of rotatable bonds is 29. The van der Waals surface area contributed by atoms with Crippen molar-refractivity contribution in [1.29, 1.82) is 0 Å². The van der Waals surface area contributed by atoms with Crippen molar-refractivity contribution >= 4 is 93.2 Å². The monoisotopic (exact) mass is 1740 g/mol. The first-order chi connectivity index (χ1) is 57.2. The minimum atomic E-state index is -1.63. The number of aliphatic hydroxyl groups excluding tert-OH is 4. The van der Waals surface area contributed by atoms with Crippen molar-refractivity contribution in [1.82, 2.24) is 29.4 Å². The predicted molar refractivity (Wildman–Crippen MR) is 470 cm³/mol. The largest absolute Gasteiger partial charge is 0.478 e. The molecule has 648 valence electrons. The molecule has 0 radical (unpaired) electrons. The molecular formula is C94H112Cl4N6O17. The van der Waals surface area contributed by atoms with Gasteiger partial charge in [-0.3, -0.25) is 43.3 Å². The SMILES string of the molecule is CC(C)(Oc1ccc(C(=O)c2ccc(Cl)cc2)cc1)C(=O)N1CCC(N2CCOCC2)CC1.CCC(O)C(O)C(O)C(O)CN(C)C(=O)C(C)(C)Oc1ccc(C(=O)c2ccc(Cl)cc2)cc1.CCCN(C)C(=O)C(C)(C)Oc1ccc(C(=O)c2ccc(Cl)cc2)cc1.CN1CCN(C(=O)C(C)(C)Oc2ccc(C(=O)c3ccc(Cl)cc3)cc2)CC1. The van der Waals surface area contributed by atoms with Crippen molar-refractivity contribution < 1.29 is 82.5 Å². The molecule has 0 bridgehead atoms. The molecule has 11 rings (SSSR count). The van der Waals surface area contributed by atoms with Crippen LogP contribution in [0.1, 0.15) is 159 Å². The number of piperazine rings is 1. The molecule has 4 N–H and O–H groups in total. The Hall–Kier alpha value is -9.60. The van der Waals surface area contributed by atoms with Crippen LogP contribution in [0.25, 0.3) is 0 Å². The fraction of sp³-hybridized carbons (Fsp3) is 0.404. The first kappa shape index (κ1) is 96.9. The number of nitrogens with zero attached hydrogens (tertiary/aromatic N) is 6. The van der Waals surface area contributed by atoms with Gasteiger partial charge in [0.25, 0.3) is 23.6 Å². The molecule has 3 aliphatic heterocycles. The van der Waals surface area contributed by atoms with E-state index in [-0.39, 0.29) is 53.8 Å². The van der Waals surface area contributed by atoms with E-state index in [1.54, 1.807) is 268 Å². The van der Waals surface area contributed by atoms with Crippen molar-refractivity contribution in [2.24, 2.45) is 0 Å². The number of amides is 4. The Labute approximate surface area is 729 Å². The summed E-state index contributed by atoms with van der Waals surface area (Å²) in [5, 5.41) is 42.1. The second kappa shape index (κ2) is 44.5. The van der Waals surface area contributed by atoms with E-state index in [0.717, 1.165) is 71.7 Å². The van der Waals surface area contributed by atoms with Crippen LogP contribution in [0.15, 0.2) is 194 Å². The number of ether oxygens (including phenoxy) is 5. The normalized spacial score (nSPS) is 15.2. The zero-order valence-electron chi connectivity index (χ0n) is 71.0. The van der Waals surface area contributed by atoms with Crippen molar-refractivity contribution in [2.45, 2.75) is 148 Å². The summed E-state index contributed by atoms with van der Waals surface area (Å²) in [6.45, 7) is 26.0. The van der Waals surface area contributed by atoms with Gasteiger partial charge in [0.2, 0.25) is 0 Å². The number of morpholine rings is 1. The molecule has 0 aromatic heterocycles. The molecule has 0 spiro atoms. The second-order valence-corrected chi connectivity index (χ2v) is 33.8. The fourth-order valence-electron chi connectivity index (χ4n) is 13.8. The minimum Gasteiger partial charge on any atom is -0.478 e. The third-order valence-corrected chi connectivity index (χ3v) is 21.8. The van der Waals surface area contributed by atoms with E-state index in [0.29, 0.717) is 113 Å². The van der Waals surface area contributed by atoms with Crippen LogP contribution in [0.2, 0.25) is 20.1 Å². The predicted octanol–water partition coefficient (Wildman–Crippen LogP) is 14.2. The Morgan fingerprint density at radius 2 is 0.653 bits per heavy atom. The van der Waals surface area contributed by atoms with Gasteiger partial charge in [0.15, 0.2) is 45.5 Å². The first-order valence-corrected chi connectivity index (χ1v) is 41.9. The standard InChI is InChI=1S/C26H31ClN2O4.C25H32ClNO7.C22H25ClN2O3.C21H24ClNO3/c1-26(2,25(31)29-13-11-22(12-14-29)28-15-17-32-18-16-28)33-23-9-5-20(6-10-23)24(30)19-3-7-21(27)8-4-19;1-5-19(28)22(31)23(32)20(29)14-27(4)24(33)25(2,3)34-18-12-8-16(9-13-18)21(30)15-6-10-17(26)11-7-15;1-22(2,21(27)25-14-12-24(3)13-15-25)28-19-10-6-17(7-11-19)20(26)16-4-8-18(23)9-5-16;1-5-14-23(4)20(25)21(2,3)26-18-12-8-16(9-13-18)19(24)15-6-10-17(22)11-7-15/h3-10,22H,11-18H2,1-2H3;6-13,19-20,22-23,28-29,31-32H,5,14H2,1-4H3;4-11H,12-15H2,1-3H3;6-13H,5,14H2,1-4H3. The van der Waals surface area contributed by atoms with Crippen LogP contribution in [-0.2, 0) is 23.9 Å². The van der Waals surface area contributed by atoms with E-state index in [1.165, 1.54) is 11.9 Å². The maximum atomic E-state index is 13.2. The van der Waals surface area contributed by atoms with Crippen LogP contribution in [-0.4, -0.2) is 249 Å². The molecule has 8 aromatic carbocycles. The summed E-state index contributed by atoms with van der Waals surface area (Å²) >= 11 is 23.5. The highest BCUT2D eigenvalue weighted by atomic mass is 35.5. The van der Waals surface area contributed by atoms with Crippen molar-refractivity contribution in [3.63, 3.8) is 0 Å². The van der Waals surface area contributed by atoms with E-state index in [2.05, 4.69) is 16.8 Å². The lowest BCUT2D eigenvalue weighted by atomic mass is 9.99. The van der Waals surface area contributed by atoms with E-state index >= 15 is 0 Å². The molecule has 3 aliphatic rings. The molecular weight excluding hydrogens is 1630 g/mol. The van der Waals surface area contributed by atoms with Crippen LogP contribution in [0.4, 0.5) is 0 Å². The average molecular weight is 1740 g/mol. The lowest BCUT2D eigenvalue weighted by molar-refractivity contribution is -0.149. The summed E-state index contributed by atoms with van der Waals surface area (Å²) in [7, 11) is 5.25. The van der Waals surface area contributed by atoms with Gasteiger partial charge in [-0.05, 0) is 282 Å². The number of likely N-dealkylation sites (N-methyl/N-ethyl adjacent to an activating group) is 3. The summed E-state index contributed by atoms with van der Waals surface area (Å²) in [5.74, 6) is 0.976. The van der Waals surface area contributed by atoms with Crippen molar-refractivity contribution in [2.75, 3.05) is 99.8 Å². The molecule has 3 fully saturated rings. The zero-order valence-corrected chi connectivity index (χ0v) is 74.0. The molecule has 0 saturated carbocycles. The Balaban J connectivity index is 0.000000202. The van der Waals surface area contributed by atoms with E-state index in [9.17, 15) is 58.8 Å². The second-order valence-electron chi connectivity index (χ2n) is 32.1. The number of aliphatic hydroxyl groups is 4. The van der Waals surface area contributed by atoms with E-state index in [1.807, 2.05) is 16.7 Å². The number of hydrogen-bond donors (Lipinski definition) is 4. The maximum absolute atomic E-state index is 13.2. The van der Waals surface area contributed by atoms with E-state index in [4.69, 9.17) is 70.1 Å². The lowest BCUT2D eigenvalue weighted by Gasteiger charge is -2.41. The molecule has 4 unspecified atom stereocenters. The Morgan fingerprint density at radius 1 is 0.388 bits per heavy atom. The Bertz CT molecular complexity index is 4730. The molecule has 4 amide bonds. The van der Waals surface area contributed by atoms with Crippen LogP contribution in [0, 0.1) is 0 Å². The summed E-state index contributed by atoms with van der Waals surface area (Å²) in [4.78, 5) is 113.